The minimum Gasteiger partial charge on any atom is -0.477 e. The number of nitrogens with zero attached hydrogens (tertiary/aromatic N) is 2. The number of carbonyl (C=O) groups is 1. The number of nitrogens with one attached hydrogen (secondary N) is 2. The number of carboxylic acids is 1. The minimum absolute atomic E-state index is 0.0455. The van der Waals surface area contributed by atoms with Crippen LogP contribution in [0.5, 0.6) is 0 Å². The van der Waals surface area contributed by atoms with E-state index in [0.29, 0.717) is 30.3 Å². The Balaban J connectivity index is 1.60. The summed E-state index contributed by atoms with van der Waals surface area (Å²) in [6.07, 6.45) is 3.05. The highest BCUT2D eigenvalue weighted by Gasteiger charge is 2.29. The van der Waals surface area contributed by atoms with E-state index in [-0.39, 0.29) is 11.6 Å². The highest BCUT2D eigenvalue weighted by Crippen LogP contribution is 2.38. The van der Waals surface area contributed by atoms with Crippen LogP contribution in [-0.4, -0.2) is 48.1 Å². The smallest absolute Gasteiger partial charge is 0.354 e. The fraction of sp³-hybridized carbons (Fsp3) is 0.296. The summed E-state index contributed by atoms with van der Waals surface area (Å²) < 4.78 is 5.46. The number of hydrogen-bond donors (Lipinski definition) is 3. The number of carboxylic acid groups (broad SMARTS) is 1. The lowest BCUT2D eigenvalue weighted by Crippen LogP contribution is -2.36. The molecule has 0 radical (unpaired) electrons. The van der Waals surface area contributed by atoms with Crippen LogP contribution in [0.3, 0.4) is 0 Å². The Hall–Kier alpha value is -3.71. The number of pyridine rings is 1. The van der Waals surface area contributed by atoms with Gasteiger partial charge in [0.25, 0.3) is 0 Å². The third kappa shape index (κ3) is 4.52. The summed E-state index contributed by atoms with van der Waals surface area (Å²) in [4.78, 5) is 18.7. The van der Waals surface area contributed by atoms with Crippen molar-refractivity contribution in [3.05, 3.63) is 71.9 Å². The van der Waals surface area contributed by atoms with Crippen molar-refractivity contribution in [2.24, 2.45) is 5.92 Å². The van der Waals surface area contributed by atoms with E-state index in [1.807, 2.05) is 42.5 Å². The molecule has 1 saturated heterocycles. The second-order valence-electron chi connectivity index (χ2n) is 8.76. The van der Waals surface area contributed by atoms with Gasteiger partial charge in [-0.25, -0.2) is 9.78 Å². The van der Waals surface area contributed by atoms with E-state index in [1.165, 1.54) is 0 Å². The van der Waals surface area contributed by atoms with E-state index in [4.69, 9.17) is 10.1 Å². The fourth-order valence-corrected chi connectivity index (χ4v) is 4.48. The minimum atomic E-state index is -1.09. The van der Waals surface area contributed by atoms with Crippen LogP contribution in [0, 0.1) is 11.3 Å². The zero-order valence-corrected chi connectivity index (χ0v) is 19.0. The molecule has 3 aromatic rings. The van der Waals surface area contributed by atoms with E-state index in [2.05, 4.69) is 27.3 Å². The van der Waals surface area contributed by atoms with Crippen molar-refractivity contribution in [1.29, 1.82) is 5.41 Å². The van der Waals surface area contributed by atoms with Gasteiger partial charge in [-0.2, -0.15) is 0 Å². The number of hydrogen-bond acceptors (Lipinski definition) is 6. The molecule has 7 nitrogen and oxygen atoms in total. The Morgan fingerprint density at radius 1 is 1.06 bits per heavy atom. The molecule has 174 valence electrons. The number of anilines is 3. The molecule has 0 bridgehead atoms. The van der Waals surface area contributed by atoms with Gasteiger partial charge in [0.1, 0.15) is 5.82 Å². The molecular weight excluding hydrogens is 428 g/mol. The number of aromatic nitrogens is 1. The summed E-state index contributed by atoms with van der Waals surface area (Å²) in [6.45, 7) is 3.12. The van der Waals surface area contributed by atoms with Crippen LogP contribution in [0.1, 0.15) is 35.3 Å². The van der Waals surface area contributed by atoms with Gasteiger partial charge in [0.2, 0.25) is 0 Å². The van der Waals surface area contributed by atoms with Crippen molar-refractivity contribution in [1.82, 2.24) is 4.98 Å². The highest BCUT2D eigenvalue weighted by molar-refractivity contribution is 6.10. The van der Waals surface area contributed by atoms with Crippen LogP contribution in [0.25, 0.3) is 11.1 Å². The Bertz CT molecular complexity index is 1180. The molecule has 34 heavy (non-hydrogen) atoms. The van der Waals surface area contributed by atoms with Crippen LogP contribution in [-0.2, 0) is 4.74 Å². The topological polar surface area (TPSA) is 98.5 Å². The van der Waals surface area contributed by atoms with E-state index in [0.717, 1.165) is 54.9 Å². The van der Waals surface area contributed by atoms with E-state index in [9.17, 15) is 9.90 Å². The fourth-order valence-electron chi connectivity index (χ4n) is 4.48. The van der Waals surface area contributed by atoms with Gasteiger partial charge in [0.05, 0.1) is 13.2 Å². The van der Waals surface area contributed by atoms with Crippen LogP contribution in [0.4, 0.5) is 17.2 Å². The van der Waals surface area contributed by atoms with Crippen molar-refractivity contribution in [3.63, 3.8) is 0 Å². The Morgan fingerprint density at radius 3 is 2.38 bits per heavy atom. The van der Waals surface area contributed by atoms with Gasteiger partial charge < -0.3 is 25.5 Å². The summed E-state index contributed by atoms with van der Waals surface area (Å²) in [6, 6.07) is 19.3. The first-order chi connectivity index (χ1) is 16.6. The maximum absolute atomic E-state index is 12.0. The number of para-hydroxylation sites is 1. The molecule has 1 aliphatic carbocycles. The molecule has 1 aliphatic heterocycles. The average Bonchev–Trinajstić information content (AvgIpc) is 2.83. The van der Waals surface area contributed by atoms with Crippen molar-refractivity contribution in [2.75, 3.05) is 36.5 Å². The molecule has 3 N–H and O–H groups in total. The second-order valence-corrected chi connectivity index (χ2v) is 8.76. The molecule has 2 aromatic carbocycles. The average molecular weight is 457 g/mol. The molecule has 0 spiro atoms. The molecular formula is C27H28N4O3. The van der Waals surface area contributed by atoms with Crippen molar-refractivity contribution in [2.45, 2.75) is 19.3 Å². The molecule has 0 amide bonds. The number of benzene rings is 2. The highest BCUT2D eigenvalue weighted by atomic mass is 16.5. The van der Waals surface area contributed by atoms with Gasteiger partial charge in [-0.1, -0.05) is 36.8 Å². The van der Waals surface area contributed by atoms with Gasteiger partial charge >= 0.3 is 5.97 Å². The van der Waals surface area contributed by atoms with Crippen molar-refractivity contribution >= 4 is 28.9 Å². The summed E-state index contributed by atoms with van der Waals surface area (Å²) >= 11 is 0. The van der Waals surface area contributed by atoms with Gasteiger partial charge in [-0.3, -0.25) is 0 Å². The second kappa shape index (κ2) is 9.65. The van der Waals surface area contributed by atoms with E-state index in [1.54, 1.807) is 6.07 Å². The molecule has 1 aromatic heterocycles. The first-order valence-corrected chi connectivity index (χ1v) is 11.7. The van der Waals surface area contributed by atoms with Gasteiger partial charge in [0.15, 0.2) is 5.69 Å². The Labute approximate surface area is 198 Å². The normalized spacial score (nSPS) is 16.1. The lowest BCUT2D eigenvalue weighted by atomic mass is 9.78. The van der Waals surface area contributed by atoms with Crippen LogP contribution < -0.4 is 10.2 Å². The van der Waals surface area contributed by atoms with Crippen LogP contribution in [0.2, 0.25) is 0 Å². The molecule has 2 heterocycles. The molecule has 5 rings (SSSR count). The van der Waals surface area contributed by atoms with Crippen LogP contribution in [0.15, 0.2) is 60.7 Å². The maximum atomic E-state index is 12.0. The SMILES string of the molecule is N=C(c1c(-c2ccc(N3CCOCC3)cc2)cc(C(=O)O)nc1Nc1ccccc1)C1CCC1. The third-order valence-corrected chi connectivity index (χ3v) is 6.61. The molecule has 0 atom stereocenters. The number of ether oxygens (including phenoxy) is 1. The standard InChI is InChI=1S/C27H28N4O3/c28-25(19-5-4-6-19)24-22(18-9-11-21(12-10-18)31-13-15-34-16-14-31)17-23(27(32)33)30-26(24)29-20-7-2-1-3-8-20/h1-3,7-12,17,19,28H,4-6,13-16H2,(H,29,30)(H,32,33). The predicted molar refractivity (Wildman–Crippen MR) is 134 cm³/mol. The quantitative estimate of drug-likeness (QED) is 0.423. The van der Waals surface area contributed by atoms with Gasteiger partial charge in [-0.05, 0) is 54.3 Å². The van der Waals surface area contributed by atoms with Gasteiger partial charge in [-0.15, -0.1) is 0 Å². The zero-order chi connectivity index (χ0) is 23.5. The first-order valence-electron chi connectivity index (χ1n) is 11.7. The maximum Gasteiger partial charge on any atom is 0.354 e. The monoisotopic (exact) mass is 456 g/mol. The Morgan fingerprint density at radius 2 is 1.76 bits per heavy atom. The molecule has 1 saturated carbocycles. The largest absolute Gasteiger partial charge is 0.477 e. The lowest BCUT2D eigenvalue weighted by molar-refractivity contribution is 0.0690. The summed E-state index contributed by atoms with van der Waals surface area (Å²) in [5, 5.41) is 22.1. The summed E-state index contributed by atoms with van der Waals surface area (Å²) in [5.41, 5.74) is 4.65. The van der Waals surface area contributed by atoms with Gasteiger partial charge in [0, 0.05) is 41.7 Å². The van der Waals surface area contributed by atoms with Crippen molar-refractivity contribution < 1.29 is 14.6 Å². The third-order valence-electron chi connectivity index (χ3n) is 6.61. The molecule has 7 heteroatoms. The number of aromatic carboxylic acids is 1. The van der Waals surface area contributed by atoms with E-state index >= 15 is 0 Å². The summed E-state index contributed by atoms with van der Waals surface area (Å²) in [5.74, 6) is -0.514. The lowest BCUT2D eigenvalue weighted by Gasteiger charge is -2.29. The molecule has 2 aliphatic rings. The number of rotatable bonds is 7. The molecule has 0 unspecified atom stereocenters. The first kappa shape index (κ1) is 22.1. The van der Waals surface area contributed by atoms with E-state index < -0.39 is 5.97 Å². The van der Waals surface area contributed by atoms with Crippen LogP contribution >= 0.6 is 0 Å². The zero-order valence-electron chi connectivity index (χ0n) is 19.0. The Kier molecular flexibility index (Phi) is 6.27. The van der Waals surface area contributed by atoms with Crippen molar-refractivity contribution in [3.8, 4) is 11.1 Å². The summed E-state index contributed by atoms with van der Waals surface area (Å²) in [7, 11) is 0. The number of morpholine rings is 1. The molecule has 2 fully saturated rings. The predicted octanol–water partition coefficient (Wildman–Crippen LogP) is 5.19.